The van der Waals surface area contributed by atoms with Crippen molar-refractivity contribution in [2.45, 2.75) is 13.8 Å². The molecule has 1 aromatic heterocycles. The summed E-state index contributed by atoms with van der Waals surface area (Å²) in [6.45, 7) is 4.60. The minimum atomic E-state index is 0.666. The molecule has 1 heterocycles. The van der Waals surface area contributed by atoms with Crippen molar-refractivity contribution in [2.75, 3.05) is 11.9 Å². The molecule has 2 aromatic rings. The molecule has 1 N–H and O–H groups in total. The highest BCUT2D eigenvalue weighted by Gasteiger charge is 2.01. The molecule has 18 heavy (non-hydrogen) atoms. The lowest BCUT2D eigenvalue weighted by molar-refractivity contribution is 0.340. The molecule has 0 saturated heterocycles. The number of aromatic nitrogens is 1. The van der Waals surface area contributed by atoms with E-state index in [4.69, 9.17) is 4.74 Å². The Hall–Kier alpha value is -1.55. The topological polar surface area (TPSA) is 34.1 Å². The average molecular weight is 307 g/mol. The van der Waals surface area contributed by atoms with E-state index in [0.717, 1.165) is 27.4 Å². The lowest BCUT2D eigenvalue weighted by atomic mass is 10.3. The third-order valence-corrected chi connectivity index (χ3v) is 3.28. The van der Waals surface area contributed by atoms with Crippen LogP contribution in [0.5, 0.6) is 5.75 Å². The number of hydrogen-bond acceptors (Lipinski definition) is 3. The van der Waals surface area contributed by atoms with Crippen LogP contribution in [-0.2, 0) is 0 Å². The molecule has 0 aliphatic rings. The van der Waals surface area contributed by atoms with Crippen LogP contribution in [-0.4, -0.2) is 11.6 Å². The van der Waals surface area contributed by atoms with Gasteiger partial charge < -0.3 is 10.1 Å². The molecule has 0 atom stereocenters. The number of rotatable bonds is 4. The van der Waals surface area contributed by atoms with Gasteiger partial charge in [-0.3, -0.25) is 0 Å². The number of halogens is 1. The SMILES string of the molecule is CCOc1cccc(Nc2ccc(Br)c(C)n2)c1. The normalized spacial score (nSPS) is 10.2. The first-order valence-electron chi connectivity index (χ1n) is 5.82. The van der Waals surface area contributed by atoms with Gasteiger partial charge in [0, 0.05) is 16.2 Å². The third-order valence-electron chi connectivity index (χ3n) is 2.44. The highest BCUT2D eigenvalue weighted by Crippen LogP contribution is 2.22. The molecular weight excluding hydrogens is 292 g/mol. The Bertz CT molecular complexity index is 543. The number of nitrogens with one attached hydrogen (secondary N) is 1. The standard InChI is InChI=1S/C14H15BrN2O/c1-3-18-12-6-4-5-11(9-12)17-14-8-7-13(15)10(2)16-14/h4-9H,3H2,1-2H3,(H,16,17). The van der Waals surface area contributed by atoms with E-state index in [9.17, 15) is 0 Å². The van der Waals surface area contributed by atoms with Crippen LogP contribution >= 0.6 is 15.9 Å². The first-order valence-corrected chi connectivity index (χ1v) is 6.61. The first kappa shape index (κ1) is 12.9. The predicted octanol–water partition coefficient (Wildman–Crippen LogP) is 4.29. The Balaban J connectivity index is 2.17. The van der Waals surface area contributed by atoms with Crippen molar-refractivity contribution < 1.29 is 4.74 Å². The van der Waals surface area contributed by atoms with Crippen LogP contribution in [0.1, 0.15) is 12.6 Å². The lowest BCUT2D eigenvalue weighted by Crippen LogP contribution is -1.96. The number of benzene rings is 1. The Morgan fingerprint density at radius 3 is 2.83 bits per heavy atom. The highest BCUT2D eigenvalue weighted by atomic mass is 79.9. The molecule has 0 spiro atoms. The Morgan fingerprint density at radius 2 is 2.11 bits per heavy atom. The maximum absolute atomic E-state index is 5.46. The summed E-state index contributed by atoms with van der Waals surface area (Å²) in [5, 5.41) is 3.26. The van der Waals surface area contributed by atoms with Gasteiger partial charge in [-0.05, 0) is 54.0 Å². The maximum atomic E-state index is 5.46. The molecule has 0 bridgehead atoms. The molecule has 0 aliphatic carbocycles. The van der Waals surface area contributed by atoms with Gasteiger partial charge in [-0.1, -0.05) is 6.07 Å². The predicted molar refractivity (Wildman–Crippen MR) is 77.6 cm³/mol. The van der Waals surface area contributed by atoms with Gasteiger partial charge in [-0.15, -0.1) is 0 Å². The zero-order chi connectivity index (χ0) is 13.0. The van der Waals surface area contributed by atoms with Crippen LogP contribution in [0.3, 0.4) is 0 Å². The quantitative estimate of drug-likeness (QED) is 0.914. The molecule has 4 heteroatoms. The van der Waals surface area contributed by atoms with Gasteiger partial charge in [0.1, 0.15) is 11.6 Å². The monoisotopic (exact) mass is 306 g/mol. The van der Waals surface area contributed by atoms with Crippen LogP contribution in [0, 0.1) is 6.92 Å². The smallest absolute Gasteiger partial charge is 0.130 e. The van der Waals surface area contributed by atoms with Crippen molar-refractivity contribution in [3.63, 3.8) is 0 Å². The molecule has 0 fully saturated rings. The molecule has 0 aliphatic heterocycles. The Labute approximate surface area is 115 Å². The molecule has 3 nitrogen and oxygen atoms in total. The van der Waals surface area contributed by atoms with E-state index in [1.165, 1.54) is 0 Å². The van der Waals surface area contributed by atoms with Crippen LogP contribution < -0.4 is 10.1 Å². The number of hydrogen-bond donors (Lipinski definition) is 1. The van der Waals surface area contributed by atoms with Crippen molar-refractivity contribution >= 4 is 27.4 Å². The summed E-state index contributed by atoms with van der Waals surface area (Å²) in [6, 6.07) is 11.8. The van der Waals surface area contributed by atoms with E-state index in [1.807, 2.05) is 50.2 Å². The van der Waals surface area contributed by atoms with E-state index in [0.29, 0.717) is 6.61 Å². The van der Waals surface area contributed by atoms with Gasteiger partial charge in [-0.2, -0.15) is 0 Å². The van der Waals surface area contributed by atoms with Gasteiger partial charge in [0.2, 0.25) is 0 Å². The van der Waals surface area contributed by atoms with Crippen molar-refractivity contribution in [2.24, 2.45) is 0 Å². The van der Waals surface area contributed by atoms with Gasteiger partial charge in [0.25, 0.3) is 0 Å². The van der Waals surface area contributed by atoms with Crippen molar-refractivity contribution in [3.05, 3.63) is 46.6 Å². The van der Waals surface area contributed by atoms with E-state index in [-0.39, 0.29) is 0 Å². The number of nitrogens with zero attached hydrogens (tertiary/aromatic N) is 1. The average Bonchev–Trinajstić information content (AvgIpc) is 2.35. The van der Waals surface area contributed by atoms with Gasteiger partial charge in [0.05, 0.1) is 12.3 Å². The summed E-state index contributed by atoms with van der Waals surface area (Å²) < 4.78 is 6.47. The summed E-state index contributed by atoms with van der Waals surface area (Å²) in [5.41, 5.74) is 1.93. The summed E-state index contributed by atoms with van der Waals surface area (Å²) in [6.07, 6.45) is 0. The van der Waals surface area contributed by atoms with E-state index < -0.39 is 0 Å². The molecule has 2 rings (SSSR count). The highest BCUT2D eigenvalue weighted by molar-refractivity contribution is 9.10. The van der Waals surface area contributed by atoms with Gasteiger partial charge in [0.15, 0.2) is 0 Å². The van der Waals surface area contributed by atoms with Crippen LogP contribution in [0.25, 0.3) is 0 Å². The number of aryl methyl sites for hydroxylation is 1. The minimum Gasteiger partial charge on any atom is -0.494 e. The lowest BCUT2D eigenvalue weighted by Gasteiger charge is -2.09. The number of anilines is 2. The fourth-order valence-corrected chi connectivity index (χ4v) is 1.81. The Morgan fingerprint density at radius 1 is 1.28 bits per heavy atom. The van der Waals surface area contributed by atoms with E-state index in [2.05, 4.69) is 26.2 Å². The fraction of sp³-hybridized carbons (Fsp3) is 0.214. The zero-order valence-corrected chi connectivity index (χ0v) is 12.0. The third kappa shape index (κ3) is 3.23. The van der Waals surface area contributed by atoms with Crippen molar-refractivity contribution in [1.29, 1.82) is 0 Å². The second kappa shape index (κ2) is 5.87. The van der Waals surface area contributed by atoms with E-state index >= 15 is 0 Å². The van der Waals surface area contributed by atoms with Gasteiger partial charge in [-0.25, -0.2) is 4.98 Å². The van der Waals surface area contributed by atoms with E-state index in [1.54, 1.807) is 0 Å². The molecule has 0 saturated carbocycles. The minimum absolute atomic E-state index is 0.666. The van der Waals surface area contributed by atoms with Gasteiger partial charge >= 0.3 is 0 Å². The molecular formula is C14H15BrN2O. The summed E-state index contributed by atoms with van der Waals surface area (Å²) >= 11 is 3.44. The molecule has 1 aromatic carbocycles. The summed E-state index contributed by atoms with van der Waals surface area (Å²) in [7, 11) is 0. The maximum Gasteiger partial charge on any atom is 0.130 e. The van der Waals surface area contributed by atoms with Crippen LogP contribution in [0.2, 0.25) is 0 Å². The van der Waals surface area contributed by atoms with Crippen LogP contribution in [0.15, 0.2) is 40.9 Å². The largest absolute Gasteiger partial charge is 0.494 e. The fourth-order valence-electron chi connectivity index (χ4n) is 1.59. The number of pyridine rings is 1. The molecule has 94 valence electrons. The molecule has 0 amide bonds. The molecule has 0 unspecified atom stereocenters. The Kier molecular flexibility index (Phi) is 4.20. The summed E-state index contributed by atoms with van der Waals surface area (Å²) in [4.78, 5) is 4.44. The first-order chi connectivity index (χ1) is 8.69. The van der Waals surface area contributed by atoms with Crippen molar-refractivity contribution in [1.82, 2.24) is 4.98 Å². The molecule has 0 radical (unpaired) electrons. The van der Waals surface area contributed by atoms with Crippen molar-refractivity contribution in [3.8, 4) is 5.75 Å². The zero-order valence-electron chi connectivity index (χ0n) is 10.4. The number of ether oxygens (including phenoxy) is 1. The second-order valence-corrected chi connectivity index (χ2v) is 4.70. The second-order valence-electron chi connectivity index (χ2n) is 3.85. The van der Waals surface area contributed by atoms with Crippen LogP contribution in [0.4, 0.5) is 11.5 Å². The summed E-state index contributed by atoms with van der Waals surface area (Å²) in [5.74, 6) is 1.68.